The maximum Gasteiger partial charge on any atom is 0.316 e. The molecule has 0 aliphatic heterocycles. The van der Waals surface area contributed by atoms with Gasteiger partial charge in [-0.3, -0.25) is 9.59 Å². The Morgan fingerprint density at radius 1 is 1.15 bits per heavy atom. The van der Waals surface area contributed by atoms with Crippen molar-refractivity contribution >= 4 is 39.2 Å². The molecule has 1 aromatic carbocycles. The number of rotatable bonds is 7. The van der Waals surface area contributed by atoms with Crippen molar-refractivity contribution < 1.29 is 22.7 Å². The molecule has 1 aromatic heterocycles. The molecule has 0 bridgehead atoms. The molecule has 144 valence electrons. The van der Waals surface area contributed by atoms with Gasteiger partial charge in [-0.2, -0.15) is 0 Å². The Balaban J connectivity index is 1.82. The molecule has 27 heavy (non-hydrogen) atoms. The highest BCUT2D eigenvalue weighted by atomic mass is 32.2. The summed E-state index contributed by atoms with van der Waals surface area (Å²) in [7, 11) is -3.38. The Labute approximate surface area is 161 Å². The second-order valence-corrected chi connectivity index (χ2v) is 8.69. The second kappa shape index (κ2) is 8.96. The van der Waals surface area contributed by atoms with Crippen LogP contribution in [-0.4, -0.2) is 48.9 Å². The lowest BCUT2D eigenvalue weighted by Gasteiger charge is -2.08. The van der Waals surface area contributed by atoms with Crippen LogP contribution in [0.5, 0.6) is 0 Å². The minimum Gasteiger partial charge on any atom is -0.455 e. The number of nitrogens with zero attached hydrogens (tertiary/aromatic N) is 2. The van der Waals surface area contributed by atoms with Gasteiger partial charge in [0.15, 0.2) is 21.6 Å². The standard InChI is InChI=1S/C17H19N3O5S2/c1-11-7-12(2)19-17(18-11)26-10-16(22)25-9-15(21)20-13-5-4-6-14(8-13)27(3,23)24/h4-8H,9-10H2,1-3H3,(H,20,21). The number of aryl methyl sites for hydroxylation is 2. The van der Waals surface area contributed by atoms with E-state index in [9.17, 15) is 18.0 Å². The van der Waals surface area contributed by atoms with Crippen LogP contribution in [0.4, 0.5) is 5.69 Å². The van der Waals surface area contributed by atoms with Crippen LogP contribution in [0.25, 0.3) is 0 Å². The maximum atomic E-state index is 11.9. The largest absolute Gasteiger partial charge is 0.455 e. The molecule has 0 saturated heterocycles. The smallest absolute Gasteiger partial charge is 0.316 e. The van der Waals surface area contributed by atoms with Crippen LogP contribution in [0, 0.1) is 13.8 Å². The van der Waals surface area contributed by atoms with Gasteiger partial charge in [0.2, 0.25) is 0 Å². The normalized spacial score (nSPS) is 11.1. The number of thioether (sulfide) groups is 1. The van der Waals surface area contributed by atoms with Gasteiger partial charge in [-0.1, -0.05) is 17.8 Å². The summed E-state index contributed by atoms with van der Waals surface area (Å²) >= 11 is 1.12. The van der Waals surface area contributed by atoms with Gasteiger partial charge in [-0.25, -0.2) is 18.4 Å². The van der Waals surface area contributed by atoms with E-state index in [2.05, 4.69) is 15.3 Å². The quantitative estimate of drug-likeness (QED) is 0.418. The summed E-state index contributed by atoms with van der Waals surface area (Å²) in [5.74, 6) is -1.18. The summed E-state index contributed by atoms with van der Waals surface area (Å²) in [4.78, 5) is 32.1. The predicted octanol–water partition coefficient (Wildman–Crippen LogP) is 1.77. The summed E-state index contributed by atoms with van der Waals surface area (Å²) in [5, 5.41) is 2.95. The van der Waals surface area contributed by atoms with Gasteiger partial charge in [-0.15, -0.1) is 0 Å². The molecule has 0 radical (unpaired) electrons. The molecule has 0 aliphatic rings. The number of nitrogens with one attached hydrogen (secondary N) is 1. The molecule has 10 heteroatoms. The van der Waals surface area contributed by atoms with E-state index in [0.717, 1.165) is 29.4 Å². The molecule has 1 amide bonds. The Morgan fingerprint density at radius 2 is 1.81 bits per heavy atom. The van der Waals surface area contributed by atoms with Crippen molar-refractivity contribution in [1.82, 2.24) is 9.97 Å². The molecule has 2 rings (SSSR count). The van der Waals surface area contributed by atoms with Crippen LogP contribution in [0.3, 0.4) is 0 Å². The van der Waals surface area contributed by atoms with Crippen molar-refractivity contribution in [3.8, 4) is 0 Å². The van der Waals surface area contributed by atoms with Gasteiger partial charge in [0, 0.05) is 23.3 Å². The number of hydrogen-bond donors (Lipinski definition) is 1. The van der Waals surface area contributed by atoms with Gasteiger partial charge in [0.1, 0.15) is 0 Å². The van der Waals surface area contributed by atoms with E-state index >= 15 is 0 Å². The minimum absolute atomic E-state index is 0.0280. The first-order chi connectivity index (χ1) is 12.6. The monoisotopic (exact) mass is 409 g/mol. The average molecular weight is 409 g/mol. The average Bonchev–Trinajstić information content (AvgIpc) is 2.57. The lowest BCUT2D eigenvalue weighted by molar-refractivity contribution is -0.144. The highest BCUT2D eigenvalue weighted by Crippen LogP contribution is 2.16. The number of sulfone groups is 1. The van der Waals surface area contributed by atoms with Crippen LogP contribution in [0.15, 0.2) is 40.4 Å². The summed E-state index contributed by atoms with van der Waals surface area (Å²) in [6, 6.07) is 7.64. The van der Waals surface area contributed by atoms with Crippen molar-refractivity contribution in [2.24, 2.45) is 0 Å². The van der Waals surface area contributed by atoms with E-state index in [1.165, 1.54) is 18.2 Å². The molecule has 0 spiro atoms. The van der Waals surface area contributed by atoms with E-state index in [1.807, 2.05) is 19.9 Å². The van der Waals surface area contributed by atoms with Crippen molar-refractivity contribution in [3.05, 3.63) is 41.7 Å². The SMILES string of the molecule is Cc1cc(C)nc(SCC(=O)OCC(=O)Nc2cccc(S(C)(=O)=O)c2)n1. The molecule has 0 fully saturated rings. The van der Waals surface area contributed by atoms with Crippen molar-refractivity contribution in [3.63, 3.8) is 0 Å². The van der Waals surface area contributed by atoms with E-state index in [4.69, 9.17) is 4.74 Å². The predicted molar refractivity (Wildman–Crippen MR) is 101 cm³/mol. The van der Waals surface area contributed by atoms with Crippen LogP contribution in [0.2, 0.25) is 0 Å². The van der Waals surface area contributed by atoms with Gasteiger partial charge >= 0.3 is 5.97 Å². The molecule has 1 heterocycles. The minimum atomic E-state index is -3.38. The number of aromatic nitrogens is 2. The molecular formula is C17H19N3O5S2. The third kappa shape index (κ3) is 6.99. The number of benzene rings is 1. The molecule has 1 N–H and O–H groups in total. The fraction of sp³-hybridized carbons (Fsp3) is 0.294. The topological polar surface area (TPSA) is 115 Å². The number of esters is 1. The van der Waals surface area contributed by atoms with Crippen LogP contribution < -0.4 is 5.32 Å². The third-order valence-corrected chi connectivity index (χ3v) is 5.12. The molecular weight excluding hydrogens is 390 g/mol. The second-order valence-electron chi connectivity index (χ2n) is 5.73. The zero-order valence-corrected chi connectivity index (χ0v) is 16.7. The van der Waals surface area contributed by atoms with Crippen molar-refractivity contribution in [2.75, 3.05) is 23.9 Å². The molecule has 2 aromatic rings. The highest BCUT2D eigenvalue weighted by molar-refractivity contribution is 7.99. The first-order valence-electron chi connectivity index (χ1n) is 7.84. The number of amides is 1. The van der Waals surface area contributed by atoms with Gasteiger partial charge in [-0.05, 0) is 38.1 Å². The van der Waals surface area contributed by atoms with Crippen molar-refractivity contribution in [1.29, 1.82) is 0 Å². The summed E-state index contributed by atoms with van der Waals surface area (Å²) in [6.07, 6.45) is 1.08. The first-order valence-corrected chi connectivity index (χ1v) is 10.7. The molecule has 0 aliphatic carbocycles. The Morgan fingerprint density at radius 3 is 2.44 bits per heavy atom. The third-order valence-electron chi connectivity index (χ3n) is 3.19. The number of carbonyl (C=O) groups excluding carboxylic acids is 2. The maximum absolute atomic E-state index is 11.9. The summed E-state index contributed by atoms with van der Waals surface area (Å²) < 4.78 is 28.0. The van der Waals surface area contributed by atoms with Gasteiger partial charge in [0.25, 0.3) is 5.91 Å². The Bertz CT molecular complexity index is 941. The first kappa shape index (κ1) is 20.8. The Kier molecular flexibility index (Phi) is 6.92. The van der Waals surface area contributed by atoms with Gasteiger partial charge < -0.3 is 10.1 Å². The van der Waals surface area contributed by atoms with E-state index < -0.39 is 28.3 Å². The Hall–Kier alpha value is -2.46. The van der Waals surface area contributed by atoms with Crippen LogP contribution in [-0.2, 0) is 24.2 Å². The summed E-state index contributed by atoms with van der Waals surface area (Å²) in [5.41, 5.74) is 1.90. The molecule has 0 unspecified atom stereocenters. The zero-order valence-electron chi connectivity index (χ0n) is 15.1. The number of anilines is 1. The van der Waals surface area contributed by atoms with E-state index in [0.29, 0.717) is 10.8 Å². The van der Waals surface area contributed by atoms with E-state index in [1.54, 1.807) is 6.07 Å². The molecule has 8 nitrogen and oxygen atoms in total. The molecule has 0 atom stereocenters. The van der Waals surface area contributed by atoms with Crippen LogP contribution >= 0.6 is 11.8 Å². The highest BCUT2D eigenvalue weighted by Gasteiger charge is 2.12. The molecule has 0 saturated carbocycles. The number of hydrogen-bond acceptors (Lipinski definition) is 8. The fourth-order valence-electron chi connectivity index (χ4n) is 2.07. The number of carbonyl (C=O) groups is 2. The fourth-order valence-corrected chi connectivity index (χ4v) is 3.49. The number of ether oxygens (including phenoxy) is 1. The zero-order chi connectivity index (χ0) is 20.0. The van der Waals surface area contributed by atoms with Gasteiger partial charge in [0.05, 0.1) is 10.6 Å². The van der Waals surface area contributed by atoms with Crippen molar-refractivity contribution in [2.45, 2.75) is 23.9 Å². The van der Waals surface area contributed by atoms with Crippen LogP contribution in [0.1, 0.15) is 11.4 Å². The van der Waals surface area contributed by atoms with E-state index in [-0.39, 0.29) is 10.6 Å². The lowest BCUT2D eigenvalue weighted by atomic mass is 10.3. The summed E-state index contributed by atoms with van der Waals surface area (Å²) in [6.45, 7) is 3.19. The lowest BCUT2D eigenvalue weighted by Crippen LogP contribution is -2.21.